The van der Waals surface area contributed by atoms with Crippen molar-refractivity contribution in [1.29, 1.82) is 0 Å². The molecule has 1 aromatic rings. The Bertz CT molecular complexity index is 766. The van der Waals surface area contributed by atoms with Gasteiger partial charge in [0.1, 0.15) is 11.3 Å². The number of ether oxygens (including phenoxy) is 1. The van der Waals surface area contributed by atoms with E-state index >= 15 is 0 Å². The van der Waals surface area contributed by atoms with Gasteiger partial charge in [0.2, 0.25) is 5.76 Å². The maximum Gasteiger partial charge on any atom is 0.457 e. The number of hydrogen-bond acceptors (Lipinski definition) is 1. The number of hydrogen-bond donors (Lipinski definition) is 0. The molecule has 0 heterocycles. The summed E-state index contributed by atoms with van der Waals surface area (Å²) in [4.78, 5) is 0. The molecule has 0 spiro atoms. The molecule has 0 aromatic heterocycles. The van der Waals surface area contributed by atoms with Crippen LogP contribution in [0.4, 0.5) is 65.9 Å². The van der Waals surface area contributed by atoms with E-state index in [-0.39, 0.29) is 0 Å². The van der Waals surface area contributed by atoms with Gasteiger partial charge in [-0.15, -0.1) is 0 Å². The van der Waals surface area contributed by atoms with Crippen molar-refractivity contribution < 1.29 is 70.6 Å². The van der Waals surface area contributed by atoms with Gasteiger partial charge in [0.15, 0.2) is 0 Å². The molecule has 1 rings (SSSR count). The fraction of sp³-hybridized carbons (Fsp3) is 0.429. The minimum Gasteiger partial charge on any atom is -0.452 e. The standard InChI is InChI=1S/C14H5F15O/c15-9(13(24,25)26,12(22,23)14(27,28)29)7(10(16,17)18)8(11(19,20)21)30-6-4-2-1-3-5-6/h1-5H/b8-7+. The highest BCUT2D eigenvalue weighted by Crippen LogP contribution is 2.60. The summed E-state index contributed by atoms with van der Waals surface area (Å²) in [5, 5.41) is 0. The molecular formula is C14H5F15O. The Kier molecular flexibility index (Phi) is 6.39. The van der Waals surface area contributed by atoms with Crippen LogP contribution in [0.2, 0.25) is 0 Å². The molecule has 0 amide bonds. The summed E-state index contributed by atoms with van der Waals surface area (Å²) in [5.74, 6) is -13.5. The van der Waals surface area contributed by atoms with Crippen molar-refractivity contribution in [2.24, 2.45) is 0 Å². The molecule has 0 aliphatic rings. The molecule has 1 unspecified atom stereocenters. The van der Waals surface area contributed by atoms with Crippen molar-refractivity contribution in [3.8, 4) is 5.75 Å². The zero-order chi connectivity index (χ0) is 24.0. The number of allylic oxidation sites excluding steroid dienone is 2. The molecule has 0 N–H and O–H groups in total. The number of benzene rings is 1. The molecule has 0 saturated carbocycles. The average molecular weight is 474 g/mol. The molecule has 0 aliphatic heterocycles. The number of halogens is 15. The van der Waals surface area contributed by atoms with Gasteiger partial charge in [0, 0.05) is 0 Å². The summed E-state index contributed by atoms with van der Waals surface area (Å²) >= 11 is 0. The highest BCUT2D eigenvalue weighted by atomic mass is 19.4. The highest BCUT2D eigenvalue weighted by Gasteiger charge is 2.86. The second-order valence-corrected chi connectivity index (χ2v) is 5.34. The Morgan fingerprint density at radius 3 is 1.30 bits per heavy atom. The Morgan fingerprint density at radius 2 is 1.00 bits per heavy atom. The van der Waals surface area contributed by atoms with Crippen LogP contribution >= 0.6 is 0 Å². The molecule has 16 heteroatoms. The molecule has 1 nitrogen and oxygen atoms in total. The van der Waals surface area contributed by atoms with Crippen LogP contribution in [-0.4, -0.2) is 36.3 Å². The first-order chi connectivity index (χ1) is 13.1. The summed E-state index contributed by atoms with van der Waals surface area (Å²) in [6.45, 7) is 0. The fourth-order valence-electron chi connectivity index (χ4n) is 2.01. The van der Waals surface area contributed by atoms with E-state index < -0.39 is 53.4 Å². The zero-order valence-corrected chi connectivity index (χ0v) is 13.5. The molecule has 0 fully saturated rings. The quantitative estimate of drug-likeness (QED) is 0.341. The Balaban J connectivity index is 4.16. The van der Waals surface area contributed by atoms with Gasteiger partial charge >= 0.3 is 36.3 Å². The van der Waals surface area contributed by atoms with Crippen molar-refractivity contribution in [3.05, 3.63) is 41.7 Å². The van der Waals surface area contributed by atoms with Gasteiger partial charge in [0.05, 0.1) is 0 Å². The van der Waals surface area contributed by atoms with Crippen LogP contribution < -0.4 is 4.74 Å². The topological polar surface area (TPSA) is 9.23 Å². The lowest BCUT2D eigenvalue weighted by Gasteiger charge is -2.38. The summed E-state index contributed by atoms with van der Waals surface area (Å²) in [6.07, 6.45) is -29.6. The largest absolute Gasteiger partial charge is 0.457 e. The molecule has 30 heavy (non-hydrogen) atoms. The van der Waals surface area contributed by atoms with E-state index in [1.54, 1.807) is 0 Å². The maximum absolute atomic E-state index is 14.3. The molecule has 0 radical (unpaired) electrons. The first-order valence-corrected chi connectivity index (χ1v) is 6.90. The minimum absolute atomic E-state index is 0.384. The second kappa shape index (κ2) is 7.44. The third kappa shape index (κ3) is 4.55. The summed E-state index contributed by atoms with van der Waals surface area (Å²) < 4.78 is 199. The van der Waals surface area contributed by atoms with E-state index in [2.05, 4.69) is 4.74 Å². The second-order valence-electron chi connectivity index (χ2n) is 5.34. The number of para-hydroxylation sites is 1. The van der Waals surface area contributed by atoms with E-state index in [1.165, 1.54) is 0 Å². The van der Waals surface area contributed by atoms with Crippen LogP contribution in [0.3, 0.4) is 0 Å². The summed E-state index contributed by atoms with van der Waals surface area (Å²) in [7, 11) is 0. The minimum atomic E-state index is -8.00. The molecule has 0 aliphatic carbocycles. The van der Waals surface area contributed by atoms with Crippen LogP contribution in [-0.2, 0) is 0 Å². The smallest absolute Gasteiger partial charge is 0.452 e. The first-order valence-electron chi connectivity index (χ1n) is 6.90. The average Bonchev–Trinajstić information content (AvgIpc) is 2.50. The van der Waals surface area contributed by atoms with E-state index in [4.69, 9.17) is 0 Å². The van der Waals surface area contributed by atoms with Crippen LogP contribution in [0.25, 0.3) is 0 Å². The fourth-order valence-corrected chi connectivity index (χ4v) is 2.01. The lowest BCUT2D eigenvalue weighted by molar-refractivity contribution is -0.380. The highest BCUT2D eigenvalue weighted by molar-refractivity contribution is 5.37. The molecule has 1 aromatic carbocycles. The van der Waals surface area contributed by atoms with Gasteiger partial charge in [-0.25, -0.2) is 4.39 Å². The van der Waals surface area contributed by atoms with Crippen LogP contribution in [0.1, 0.15) is 0 Å². The van der Waals surface area contributed by atoms with Crippen molar-refractivity contribution >= 4 is 0 Å². The molecule has 0 saturated heterocycles. The zero-order valence-electron chi connectivity index (χ0n) is 13.5. The predicted molar refractivity (Wildman–Crippen MR) is 67.1 cm³/mol. The molecular weight excluding hydrogens is 469 g/mol. The summed E-state index contributed by atoms with van der Waals surface area (Å²) in [6, 6.07) is 3.30. The molecule has 172 valence electrons. The Labute approximate surface area is 155 Å². The van der Waals surface area contributed by atoms with E-state index in [1.807, 2.05) is 0 Å². The van der Waals surface area contributed by atoms with E-state index in [0.717, 1.165) is 18.2 Å². The summed E-state index contributed by atoms with van der Waals surface area (Å²) in [5.41, 5.74) is -12.9. The van der Waals surface area contributed by atoms with Crippen LogP contribution in [0.15, 0.2) is 41.7 Å². The van der Waals surface area contributed by atoms with Gasteiger partial charge in [-0.3, -0.25) is 0 Å². The predicted octanol–water partition coefficient (Wildman–Crippen LogP) is 6.91. The van der Waals surface area contributed by atoms with Crippen LogP contribution in [0.5, 0.6) is 5.75 Å². The van der Waals surface area contributed by atoms with Crippen molar-refractivity contribution in [1.82, 2.24) is 0 Å². The van der Waals surface area contributed by atoms with Crippen LogP contribution in [0, 0.1) is 0 Å². The van der Waals surface area contributed by atoms with Gasteiger partial charge < -0.3 is 4.74 Å². The lowest BCUT2D eigenvalue weighted by Crippen LogP contribution is -2.65. The number of alkyl halides is 15. The SMILES string of the molecule is FC(F)(F)/C(Oc1ccccc1)=C(\C(F)(F)F)C(F)(C(F)(F)F)C(F)(F)C(F)(F)F. The third-order valence-electron chi connectivity index (χ3n) is 3.25. The van der Waals surface area contributed by atoms with Crippen molar-refractivity contribution in [2.45, 2.75) is 36.3 Å². The van der Waals surface area contributed by atoms with Gasteiger partial charge in [-0.2, -0.15) is 61.5 Å². The normalized spacial score (nSPS) is 17.3. The number of rotatable bonds is 4. The van der Waals surface area contributed by atoms with Crippen molar-refractivity contribution in [3.63, 3.8) is 0 Å². The molecule has 1 atom stereocenters. The third-order valence-corrected chi connectivity index (χ3v) is 3.25. The van der Waals surface area contributed by atoms with Gasteiger partial charge in [-0.05, 0) is 12.1 Å². The van der Waals surface area contributed by atoms with Gasteiger partial charge in [0.25, 0.3) is 0 Å². The van der Waals surface area contributed by atoms with Gasteiger partial charge in [-0.1, -0.05) is 18.2 Å². The lowest BCUT2D eigenvalue weighted by atomic mass is 9.85. The molecule has 0 bridgehead atoms. The van der Waals surface area contributed by atoms with E-state index in [9.17, 15) is 65.9 Å². The monoisotopic (exact) mass is 474 g/mol. The first kappa shape index (κ1) is 25.7. The maximum atomic E-state index is 14.3. The van der Waals surface area contributed by atoms with Crippen molar-refractivity contribution in [2.75, 3.05) is 0 Å². The van der Waals surface area contributed by atoms with E-state index in [0.29, 0.717) is 12.1 Å². The Hall–Kier alpha value is -2.29. The Morgan fingerprint density at radius 1 is 0.567 bits per heavy atom.